The topological polar surface area (TPSA) is 83.1 Å². The molecule has 0 fully saturated rings. The lowest BCUT2D eigenvalue weighted by Crippen LogP contribution is -2.50. The average Bonchev–Trinajstić information content (AvgIpc) is 2.84. The maximum atomic E-state index is 11.8. The summed E-state index contributed by atoms with van der Waals surface area (Å²) in [7, 11) is 0. The predicted octanol–water partition coefficient (Wildman–Crippen LogP) is 1.60. The highest BCUT2D eigenvalue weighted by Gasteiger charge is 2.16. The van der Waals surface area contributed by atoms with Crippen molar-refractivity contribution in [2.24, 2.45) is 0 Å². The lowest BCUT2D eigenvalue weighted by molar-refractivity contribution is -0.123. The molecule has 0 aliphatic heterocycles. The molecule has 1 heterocycles. The van der Waals surface area contributed by atoms with Gasteiger partial charge >= 0.3 is 6.03 Å². The van der Waals surface area contributed by atoms with Crippen LogP contribution in [0.1, 0.15) is 37.9 Å². The molecular weight excluding hydrogens is 288 g/mol. The Morgan fingerprint density at radius 2 is 2.05 bits per heavy atom. The molecule has 3 amide bonds. The van der Waals surface area contributed by atoms with E-state index in [2.05, 4.69) is 20.9 Å². The van der Waals surface area contributed by atoms with E-state index < -0.39 is 6.04 Å². The van der Waals surface area contributed by atoms with E-state index in [1.807, 2.05) is 26.2 Å². The fourth-order valence-corrected chi connectivity index (χ4v) is 2.26. The minimum Gasteiger partial charge on any atom is -0.352 e. The number of hydrogen-bond acceptors (Lipinski definition) is 4. The van der Waals surface area contributed by atoms with E-state index in [0.717, 1.165) is 17.1 Å². The first kappa shape index (κ1) is 17.4. The normalized spacial score (nSPS) is 13.3. The SMILES string of the molecule is CCC(C)NC(=O)C(C)NC(=O)NCCc1csc(C)n1. The number of nitrogens with zero attached hydrogens (tertiary/aromatic N) is 1. The number of amides is 3. The van der Waals surface area contributed by atoms with Crippen LogP contribution in [0.4, 0.5) is 4.79 Å². The Morgan fingerprint density at radius 3 is 2.62 bits per heavy atom. The van der Waals surface area contributed by atoms with Crippen LogP contribution in [0.25, 0.3) is 0 Å². The zero-order valence-electron chi connectivity index (χ0n) is 13.0. The second kappa shape index (κ2) is 8.61. The summed E-state index contributed by atoms with van der Waals surface area (Å²) in [6.45, 7) is 8.04. The van der Waals surface area contributed by atoms with E-state index >= 15 is 0 Å². The van der Waals surface area contributed by atoms with Gasteiger partial charge < -0.3 is 16.0 Å². The molecule has 0 aliphatic carbocycles. The second-order valence-corrected chi connectivity index (χ2v) is 6.11. The van der Waals surface area contributed by atoms with Gasteiger partial charge in [-0.25, -0.2) is 9.78 Å². The van der Waals surface area contributed by atoms with Crippen LogP contribution in [0.5, 0.6) is 0 Å². The molecule has 0 bridgehead atoms. The Hall–Kier alpha value is -1.63. The third kappa shape index (κ3) is 6.57. The van der Waals surface area contributed by atoms with Crippen LogP contribution in [-0.2, 0) is 11.2 Å². The fourth-order valence-electron chi connectivity index (χ4n) is 1.61. The summed E-state index contributed by atoms with van der Waals surface area (Å²) in [5, 5.41) is 11.2. The number of nitrogens with one attached hydrogen (secondary N) is 3. The van der Waals surface area contributed by atoms with E-state index in [1.165, 1.54) is 0 Å². The van der Waals surface area contributed by atoms with Crippen LogP contribution in [-0.4, -0.2) is 35.6 Å². The van der Waals surface area contributed by atoms with Gasteiger partial charge in [-0.3, -0.25) is 4.79 Å². The number of carbonyl (C=O) groups is 2. The summed E-state index contributed by atoms with van der Waals surface area (Å²) in [6.07, 6.45) is 1.54. The van der Waals surface area contributed by atoms with Gasteiger partial charge in [-0.2, -0.15) is 0 Å². The number of carbonyl (C=O) groups excluding carboxylic acids is 2. The number of rotatable bonds is 7. The summed E-state index contributed by atoms with van der Waals surface area (Å²) in [6, 6.07) is -0.785. The van der Waals surface area contributed by atoms with Crippen LogP contribution < -0.4 is 16.0 Å². The fraction of sp³-hybridized carbons (Fsp3) is 0.643. The van der Waals surface area contributed by atoms with Crippen molar-refractivity contribution < 1.29 is 9.59 Å². The van der Waals surface area contributed by atoms with Gasteiger partial charge in [0.2, 0.25) is 5.91 Å². The third-order valence-electron chi connectivity index (χ3n) is 3.08. The van der Waals surface area contributed by atoms with Crippen LogP contribution >= 0.6 is 11.3 Å². The first-order chi connectivity index (χ1) is 9.92. The summed E-state index contributed by atoms with van der Waals surface area (Å²) >= 11 is 1.59. The maximum Gasteiger partial charge on any atom is 0.315 e. The minimum absolute atomic E-state index is 0.109. The van der Waals surface area contributed by atoms with Gasteiger partial charge in [0.05, 0.1) is 10.7 Å². The predicted molar refractivity (Wildman–Crippen MR) is 84.4 cm³/mol. The third-order valence-corrected chi connectivity index (χ3v) is 3.90. The van der Waals surface area contributed by atoms with E-state index in [4.69, 9.17) is 0 Å². The van der Waals surface area contributed by atoms with Gasteiger partial charge in [0.25, 0.3) is 0 Å². The molecule has 21 heavy (non-hydrogen) atoms. The van der Waals surface area contributed by atoms with Crippen molar-refractivity contribution in [1.82, 2.24) is 20.9 Å². The lowest BCUT2D eigenvalue weighted by Gasteiger charge is -2.17. The summed E-state index contributed by atoms with van der Waals surface area (Å²) in [5.74, 6) is -0.172. The molecule has 7 heteroatoms. The van der Waals surface area contributed by atoms with Crippen molar-refractivity contribution in [3.63, 3.8) is 0 Å². The lowest BCUT2D eigenvalue weighted by atomic mass is 10.2. The van der Waals surface area contributed by atoms with Crippen molar-refractivity contribution in [3.05, 3.63) is 16.1 Å². The molecule has 1 aromatic heterocycles. The van der Waals surface area contributed by atoms with Gasteiger partial charge in [-0.1, -0.05) is 6.92 Å². The first-order valence-electron chi connectivity index (χ1n) is 7.18. The Balaban J connectivity index is 2.24. The highest BCUT2D eigenvalue weighted by molar-refractivity contribution is 7.09. The number of aromatic nitrogens is 1. The molecule has 2 atom stereocenters. The summed E-state index contributed by atoms with van der Waals surface area (Å²) < 4.78 is 0. The number of urea groups is 1. The van der Waals surface area contributed by atoms with Crippen molar-refractivity contribution in [2.45, 2.75) is 52.6 Å². The second-order valence-electron chi connectivity index (χ2n) is 5.05. The quantitative estimate of drug-likeness (QED) is 0.715. The molecule has 0 aromatic carbocycles. The molecule has 1 aromatic rings. The highest BCUT2D eigenvalue weighted by Crippen LogP contribution is 2.07. The van der Waals surface area contributed by atoms with Crippen molar-refractivity contribution in [3.8, 4) is 0 Å². The molecular formula is C14H24N4O2S. The van der Waals surface area contributed by atoms with E-state index in [9.17, 15) is 9.59 Å². The molecule has 0 radical (unpaired) electrons. The van der Waals surface area contributed by atoms with Crippen LogP contribution in [0.2, 0.25) is 0 Å². The van der Waals surface area contributed by atoms with Crippen LogP contribution in [0.3, 0.4) is 0 Å². The smallest absolute Gasteiger partial charge is 0.315 e. The number of thiazole rings is 1. The highest BCUT2D eigenvalue weighted by atomic mass is 32.1. The number of aryl methyl sites for hydroxylation is 1. The summed E-state index contributed by atoms with van der Waals surface area (Å²) in [5.41, 5.74) is 0.973. The molecule has 1 rings (SSSR count). The van der Waals surface area contributed by atoms with Crippen molar-refractivity contribution >= 4 is 23.3 Å². The largest absolute Gasteiger partial charge is 0.352 e. The van der Waals surface area contributed by atoms with E-state index in [1.54, 1.807) is 18.3 Å². The Labute approximate surface area is 129 Å². The Morgan fingerprint density at radius 1 is 1.33 bits per heavy atom. The van der Waals surface area contributed by atoms with E-state index in [-0.39, 0.29) is 18.0 Å². The zero-order valence-corrected chi connectivity index (χ0v) is 13.8. The van der Waals surface area contributed by atoms with Gasteiger partial charge in [0, 0.05) is 24.4 Å². The Kier molecular flexibility index (Phi) is 7.14. The molecule has 0 aliphatic rings. The van der Waals surface area contributed by atoms with Crippen LogP contribution in [0.15, 0.2) is 5.38 Å². The van der Waals surface area contributed by atoms with Gasteiger partial charge in [0.1, 0.15) is 6.04 Å². The monoisotopic (exact) mass is 312 g/mol. The van der Waals surface area contributed by atoms with E-state index in [0.29, 0.717) is 13.0 Å². The molecule has 6 nitrogen and oxygen atoms in total. The van der Waals surface area contributed by atoms with Gasteiger partial charge in [-0.15, -0.1) is 11.3 Å². The molecule has 118 valence electrons. The standard InChI is InChI=1S/C14H24N4O2S/c1-5-9(2)16-13(19)10(3)17-14(20)15-7-6-12-8-21-11(4)18-12/h8-10H,5-7H2,1-4H3,(H,16,19)(H2,15,17,20). The van der Waals surface area contributed by atoms with Crippen molar-refractivity contribution in [1.29, 1.82) is 0 Å². The first-order valence-corrected chi connectivity index (χ1v) is 8.06. The zero-order chi connectivity index (χ0) is 15.8. The van der Waals surface area contributed by atoms with Crippen LogP contribution in [0, 0.1) is 6.92 Å². The average molecular weight is 312 g/mol. The molecule has 2 unspecified atom stereocenters. The van der Waals surface area contributed by atoms with Gasteiger partial charge in [-0.05, 0) is 27.2 Å². The Bertz CT molecular complexity index is 475. The minimum atomic E-state index is -0.555. The molecule has 3 N–H and O–H groups in total. The molecule has 0 spiro atoms. The van der Waals surface area contributed by atoms with Gasteiger partial charge in [0.15, 0.2) is 0 Å². The van der Waals surface area contributed by atoms with Crippen molar-refractivity contribution in [2.75, 3.05) is 6.54 Å². The molecule has 0 saturated carbocycles. The summed E-state index contributed by atoms with van der Waals surface area (Å²) in [4.78, 5) is 27.8. The number of hydrogen-bond donors (Lipinski definition) is 3. The maximum absolute atomic E-state index is 11.8. The molecule has 0 saturated heterocycles.